The average Bonchev–Trinajstić information content (AvgIpc) is 3.17. The van der Waals surface area contributed by atoms with E-state index in [1.807, 2.05) is 6.07 Å². The molecule has 1 saturated heterocycles. The topological polar surface area (TPSA) is 91.8 Å². The maximum atomic E-state index is 12.6. The highest BCUT2D eigenvalue weighted by atomic mass is 32.1. The molecule has 8 nitrogen and oxygen atoms in total. The van der Waals surface area contributed by atoms with E-state index in [1.54, 1.807) is 46.4 Å². The van der Waals surface area contributed by atoms with Gasteiger partial charge in [0.1, 0.15) is 5.69 Å². The zero-order valence-corrected chi connectivity index (χ0v) is 15.7. The van der Waals surface area contributed by atoms with Gasteiger partial charge in [-0.25, -0.2) is 9.78 Å². The molecule has 1 fully saturated rings. The smallest absolute Gasteiger partial charge is 0.409 e. The third-order valence-corrected chi connectivity index (χ3v) is 4.83. The maximum absolute atomic E-state index is 12.6. The number of ether oxygens (including phenoxy) is 1. The fourth-order valence-corrected chi connectivity index (χ4v) is 3.34. The van der Waals surface area contributed by atoms with Crippen LogP contribution in [0.4, 0.5) is 9.93 Å². The molecule has 1 aromatic carbocycles. The number of aromatic nitrogens is 1. The van der Waals surface area contributed by atoms with E-state index in [9.17, 15) is 14.4 Å². The fourth-order valence-electron chi connectivity index (χ4n) is 2.66. The normalized spacial score (nSPS) is 14.0. The lowest BCUT2D eigenvalue weighted by molar-refractivity contribution is 0.0566. The van der Waals surface area contributed by atoms with Gasteiger partial charge in [0.2, 0.25) is 0 Å². The highest BCUT2D eigenvalue weighted by molar-refractivity contribution is 7.14. The largest absolute Gasteiger partial charge is 0.450 e. The van der Waals surface area contributed by atoms with Crippen molar-refractivity contribution in [3.63, 3.8) is 0 Å². The minimum Gasteiger partial charge on any atom is -0.450 e. The number of amides is 3. The Morgan fingerprint density at radius 1 is 1.11 bits per heavy atom. The number of benzene rings is 1. The Balaban J connectivity index is 1.56. The van der Waals surface area contributed by atoms with Gasteiger partial charge in [-0.3, -0.25) is 14.9 Å². The minimum atomic E-state index is -0.357. The Hall–Kier alpha value is -2.94. The summed E-state index contributed by atoms with van der Waals surface area (Å²) in [5, 5.41) is 4.70. The summed E-state index contributed by atoms with van der Waals surface area (Å²) in [6.07, 6.45) is -0.357. The molecule has 1 N–H and O–H groups in total. The lowest BCUT2D eigenvalue weighted by Gasteiger charge is -2.33. The van der Waals surface area contributed by atoms with Crippen molar-refractivity contribution in [3.8, 4) is 0 Å². The Morgan fingerprint density at radius 3 is 2.44 bits per heavy atom. The minimum absolute atomic E-state index is 0.213. The van der Waals surface area contributed by atoms with Crippen LogP contribution in [-0.2, 0) is 4.74 Å². The predicted molar refractivity (Wildman–Crippen MR) is 101 cm³/mol. The van der Waals surface area contributed by atoms with Gasteiger partial charge < -0.3 is 14.5 Å². The summed E-state index contributed by atoms with van der Waals surface area (Å²) in [5.41, 5.74) is 0.809. The van der Waals surface area contributed by atoms with E-state index in [2.05, 4.69) is 10.3 Å². The lowest BCUT2D eigenvalue weighted by Crippen LogP contribution is -2.50. The molecule has 1 aliphatic heterocycles. The van der Waals surface area contributed by atoms with Crippen LogP contribution in [0.2, 0.25) is 0 Å². The second-order valence-corrected chi connectivity index (χ2v) is 6.69. The second kappa shape index (κ2) is 8.63. The van der Waals surface area contributed by atoms with Gasteiger partial charge in [0.05, 0.1) is 6.61 Å². The Bertz CT molecular complexity index is 816. The first-order valence-electron chi connectivity index (χ1n) is 8.61. The SMILES string of the molecule is CCOC(=O)N1CCN(C(=O)c2csc(NC(=O)c3ccccc3)n2)CC1. The molecular formula is C18H20N4O4S. The number of thiazole rings is 1. The number of anilines is 1. The number of carbonyl (C=O) groups excluding carboxylic acids is 3. The van der Waals surface area contributed by atoms with Gasteiger partial charge in [0, 0.05) is 37.1 Å². The van der Waals surface area contributed by atoms with Crippen molar-refractivity contribution < 1.29 is 19.1 Å². The van der Waals surface area contributed by atoms with Crippen molar-refractivity contribution in [3.05, 3.63) is 47.0 Å². The Labute approximate surface area is 160 Å². The average molecular weight is 388 g/mol. The first kappa shape index (κ1) is 18.8. The van der Waals surface area contributed by atoms with Crippen LogP contribution in [0, 0.1) is 0 Å². The quantitative estimate of drug-likeness (QED) is 0.868. The molecule has 142 valence electrons. The van der Waals surface area contributed by atoms with Crippen LogP contribution in [0.15, 0.2) is 35.7 Å². The number of hydrogen-bond acceptors (Lipinski definition) is 6. The van der Waals surface area contributed by atoms with Crippen molar-refractivity contribution in [1.29, 1.82) is 0 Å². The monoisotopic (exact) mass is 388 g/mol. The third kappa shape index (κ3) is 4.62. The Kier molecular flexibility index (Phi) is 6.02. The molecule has 27 heavy (non-hydrogen) atoms. The molecule has 0 unspecified atom stereocenters. The molecule has 1 aromatic heterocycles. The number of piperazine rings is 1. The molecule has 1 aliphatic rings. The molecular weight excluding hydrogens is 368 g/mol. The van der Waals surface area contributed by atoms with Gasteiger partial charge in [-0.15, -0.1) is 11.3 Å². The summed E-state index contributed by atoms with van der Waals surface area (Å²) in [6, 6.07) is 8.80. The fraction of sp³-hybridized carbons (Fsp3) is 0.333. The molecule has 0 saturated carbocycles. The van der Waals surface area contributed by atoms with E-state index >= 15 is 0 Å². The van der Waals surface area contributed by atoms with Crippen LogP contribution in [0.1, 0.15) is 27.8 Å². The molecule has 9 heteroatoms. The van der Waals surface area contributed by atoms with Crippen LogP contribution >= 0.6 is 11.3 Å². The van der Waals surface area contributed by atoms with Gasteiger partial charge in [-0.05, 0) is 19.1 Å². The summed E-state index contributed by atoms with van der Waals surface area (Å²) in [6.45, 7) is 3.77. The van der Waals surface area contributed by atoms with E-state index in [1.165, 1.54) is 11.3 Å². The molecule has 0 radical (unpaired) electrons. The zero-order valence-electron chi connectivity index (χ0n) is 14.9. The van der Waals surface area contributed by atoms with Crippen molar-refractivity contribution in [2.45, 2.75) is 6.92 Å². The standard InChI is InChI=1S/C18H20N4O4S/c1-2-26-18(25)22-10-8-21(9-11-22)16(24)14-12-27-17(19-14)20-15(23)13-6-4-3-5-7-13/h3-7,12H,2,8-11H2,1H3,(H,19,20,23). The van der Waals surface area contributed by atoms with Crippen LogP contribution in [0.25, 0.3) is 0 Å². The molecule has 0 aliphatic carbocycles. The Morgan fingerprint density at radius 2 is 1.78 bits per heavy atom. The van der Waals surface area contributed by atoms with E-state index in [0.29, 0.717) is 43.5 Å². The van der Waals surface area contributed by atoms with Crippen LogP contribution in [-0.4, -0.2) is 65.5 Å². The van der Waals surface area contributed by atoms with Crippen molar-refractivity contribution >= 4 is 34.4 Å². The van der Waals surface area contributed by atoms with Crippen LogP contribution in [0.5, 0.6) is 0 Å². The van der Waals surface area contributed by atoms with Gasteiger partial charge in [-0.2, -0.15) is 0 Å². The predicted octanol–water partition coefficient (Wildman–Crippen LogP) is 2.31. The summed E-state index contributed by atoms with van der Waals surface area (Å²) in [7, 11) is 0. The van der Waals surface area contributed by atoms with E-state index < -0.39 is 0 Å². The second-order valence-electron chi connectivity index (χ2n) is 5.84. The number of rotatable bonds is 4. The molecule has 0 atom stereocenters. The van der Waals surface area contributed by atoms with Gasteiger partial charge in [-0.1, -0.05) is 18.2 Å². The van der Waals surface area contributed by atoms with Crippen LogP contribution < -0.4 is 5.32 Å². The van der Waals surface area contributed by atoms with E-state index in [-0.39, 0.29) is 23.6 Å². The van der Waals surface area contributed by atoms with Gasteiger partial charge >= 0.3 is 6.09 Å². The maximum Gasteiger partial charge on any atom is 0.409 e. The highest BCUT2D eigenvalue weighted by Crippen LogP contribution is 2.18. The first-order chi connectivity index (χ1) is 13.1. The highest BCUT2D eigenvalue weighted by Gasteiger charge is 2.26. The van der Waals surface area contributed by atoms with Gasteiger partial charge in [0.15, 0.2) is 5.13 Å². The van der Waals surface area contributed by atoms with Crippen molar-refractivity contribution in [2.75, 3.05) is 38.1 Å². The van der Waals surface area contributed by atoms with Crippen LogP contribution in [0.3, 0.4) is 0 Å². The molecule has 3 amide bonds. The number of hydrogen-bond donors (Lipinski definition) is 1. The molecule has 0 spiro atoms. The molecule has 2 heterocycles. The summed E-state index contributed by atoms with van der Waals surface area (Å²) < 4.78 is 4.97. The summed E-state index contributed by atoms with van der Waals surface area (Å²) >= 11 is 1.20. The van der Waals surface area contributed by atoms with E-state index in [0.717, 1.165) is 0 Å². The number of nitrogens with one attached hydrogen (secondary N) is 1. The van der Waals surface area contributed by atoms with Crippen molar-refractivity contribution in [2.24, 2.45) is 0 Å². The summed E-state index contributed by atoms with van der Waals surface area (Å²) in [4.78, 5) is 43.9. The molecule has 2 aromatic rings. The first-order valence-corrected chi connectivity index (χ1v) is 9.49. The van der Waals surface area contributed by atoms with Gasteiger partial charge in [0.25, 0.3) is 11.8 Å². The zero-order chi connectivity index (χ0) is 19.2. The van der Waals surface area contributed by atoms with Crippen molar-refractivity contribution in [1.82, 2.24) is 14.8 Å². The number of nitrogens with zero attached hydrogens (tertiary/aromatic N) is 3. The molecule has 3 rings (SSSR count). The lowest BCUT2D eigenvalue weighted by atomic mass is 10.2. The molecule has 0 bridgehead atoms. The summed E-state index contributed by atoms with van der Waals surface area (Å²) in [5.74, 6) is -0.484. The van der Waals surface area contributed by atoms with E-state index in [4.69, 9.17) is 4.74 Å². The third-order valence-electron chi connectivity index (χ3n) is 4.07. The number of carbonyl (C=O) groups is 3.